The molecule has 94 valence electrons. The first-order valence-electron chi connectivity index (χ1n) is 4.80. The van der Waals surface area contributed by atoms with E-state index >= 15 is 0 Å². The fraction of sp³-hybridized carbons (Fsp3) is 0.875. The van der Waals surface area contributed by atoms with E-state index < -0.39 is 43.3 Å². The Kier molecular flexibility index (Phi) is 4.44. The van der Waals surface area contributed by atoms with E-state index in [2.05, 4.69) is 10.6 Å². The summed E-state index contributed by atoms with van der Waals surface area (Å²) < 4.78 is 4.83. The van der Waals surface area contributed by atoms with E-state index in [0.29, 0.717) is 0 Å². The highest BCUT2D eigenvalue weighted by Crippen LogP contribution is 2.19. The van der Waals surface area contributed by atoms with Crippen LogP contribution in [0.25, 0.3) is 0 Å². The summed E-state index contributed by atoms with van der Waals surface area (Å²) in [6.07, 6.45) is -5.37. The zero-order valence-corrected chi connectivity index (χ0v) is 8.70. The molecule has 0 bridgehead atoms. The summed E-state index contributed by atoms with van der Waals surface area (Å²) in [7, 11) is 1.37. The minimum Gasteiger partial charge on any atom is -0.394 e. The first-order chi connectivity index (χ1) is 7.51. The topological polar surface area (TPSA) is 131 Å². The maximum atomic E-state index is 11.0. The molecule has 0 aliphatic carbocycles. The molecule has 16 heavy (non-hydrogen) atoms. The molecule has 5 atom stereocenters. The molecule has 0 radical (unpaired) electrons. The Morgan fingerprint density at radius 1 is 1.31 bits per heavy atom. The number of ether oxygens (including phenoxy) is 1. The van der Waals surface area contributed by atoms with Crippen molar-refractivity contribution < 1.29 is 30.0 Å². The number of rotatable bonds is 2. The second-order valence-corrected chi connectivity index (χ2v) is 3.48. The first-order valence-corrected chi connectivity index (χ1v) is 4.80. The van der Waals surface area contributed by atoms with E-state index in [4.69, 9.17) is 9.84 Å². The van der Waals surface area contributed by atoms with Crippen LogP contribution in [0.3, 0.4) is 0 Å². The fourth-order valence-electron chi connectivity index (χ4n) is 1.48. The van der Waals surface area contributed by atoms with Crippen molar-refractivity contribution in [3.05, 3.63) is 0 Å². The smallest absolute Gasteiger partial charge is 0.315 e. The third-order valence-corrected chi connectivity index (χ3v) is 2.42. The lowest BCUT2D eigenvalue weighted by atomic mass is 9.97. The summed E-state index contributed by atoms with van der Waals surface area (Å²) in [4.78, 5) is 11.0. The number of aliphatic hydroxyl groups excluding tert-OH is 4. The standard InChI is InChI=1S/C8H16N2O6/c1-9-8(15)10-4-6(13)5(12)3(2-11)16-7(4)14/h3-7,11-14H,2H2,1H3,(H2,9,10,15)/t3-,4+,5-,6+,7-/m1/s1. The molecule has 1 saturated heterocycles. The number of hydrogen-bond donors (Lipinski definition) is 6. The SMILES string of the molecule is CNC(=O)N[C@H]1[C@H](O)[C@H](O)[C@@H](CO)O[C@H]1O. The third kappa shape index (κ3) is 2.60. The van der Waals surface area contributed by atoms with Crippen LogP contribution in [0.5, 0.6) is 0 Å². The van der Waals surface area contributed by atoms with Crippen molar-refractivity contribution in [2.24, 2.45) is 0 Å². The normalized spacial score (nSPS) is 39.2. The lowest BCUT2D eigenvalue weighted by Crippen LogP contribution is -2.64. The van der Waals surface area contributed by atoms with Gasteiger partial charge in [-0.25, -0.2) is 4.79 Å². The maximum Gasteiger partial charge on any atom is 0.315 e. The molecular formula is C8H16N2O6. The summed E-state index contributed by atoms with van der Waals surface area (Å²) in [5, 5.41) is 41.8. The van der Waals surface area contributed by atoms with Crippen LogP contribution in [0.2, 0.25) is 0 Å². The summed E-state index contributed by atoms with van der Waals surface area (Å²) in [6, 6.07) is -1.78. The number of urea groups is 1. The highest BCUT2D eigenvalue weighted by molar-refractivity contribution is 5.73. The average molecular weight is 236 g/mol. The molecule has 1 rings (SSSR count). The van der Waals surface area contributed by atoms with Gasteiger partial charge >= 0.3 is 6.03 Å². The Morgan fingerprint density at radius 3 is 2.44 bits per heavy atom. The van der Waals surface area contributed by atoms with E-state index in [9.17, 15) is 20.1 Å². The number of aliphatic hydroxyl groups is 4. The number of nitrogens with one attached hydrogen (secondary N) is 2. The van der Waals surface area contributed by atoms with Crippen LogP contribution in [0.1, 0.15) is 0 Å². The lowest BCUT2D eigenvalue weighted by molar-refractivity contribution is -0.252. The van der Waals surface area contributed by atoms with Gasteiger partial charge in [0.25, 0.3) is 0 Å². The molecule has 1 fully saturated rings. The Balaban J connectivity index is 2.67. The third-order valence-electron chi connectivity index (χ3n) is 2.42. The van der Waals surface area contributed by atoms with Crippen molar-refractivity contribution >= 4 is 6.03 Å². The van der Waals surface area contributed by atoms with Gasteiger partial charge in [-0.15, -0.1) is 0 Å². The van der Waals surface area contributed by atoms with Gasteiger partial charge in [-0.3, -0.25) is 0 Å². The van der Waals surface area contributed by atoms with Gasteiger partial charge in [-0.05, 0) is 0 Å². The second-order valence-electron chi connectivity index (χ2n) is 3.48. The highest BCUT2D eigenvalue weighted by atomic mass is 16.6. The Hall–Kier alpha value is -0.930. The monoisotopic (exact) mass is 236 g/mol. The number of carbonyl (C=O) groups excluding carboxylic acids is 1. The minimum absolute atomic E-state index is 0.540. The molecule has 8 heteroatoms. The molecule has 0 aromatic rings. The minimum atomic E-state index is -1.49. The van der Waals surface area contributed by atoms with Gasteiger partial charge in [0.15, 0.2) is 6.29 Å². The summed E-state index contributed by atoms with van der Waals surface area (Å²) in [5.41, 5.74) is 0. The van der Waals surface area contributed by atoms with Crippen molar-refractivity contribution in [2.45, 2.75) is 30.6 Å². The van der Waals surface area contributed by atoms with Crippen molar-refractivity contribution in [1.82, 2.24) is 10.6 Å². The van der Waals surface area contributed by atoms with Crippen LogP contribution >= 0.6 is 0 Å². The van der Waals surface area contributed by atoms with E-state index in [0.717, 1.165) is 0 Å². The zero-order valence-electron chi connectivity index (χ0n) is 8.70. The van der Waals surface area contributed by atoms with Crippen molar-refractivity contribution in [3.8, 4) is 0 Å². The molecule has 0 aromatic heterocycles. The molecule has 1 heterocycles. The fourth-order valence-corrected chi connectivity index (χ4v) is 1.48. The summed E-state index contributed by atoms with van der Waals surface area (Å²) in [5.74, 6) is 0. The first kappa shape index (κ1) is 13.1. The molecular weight excluding hydrogens is 220 g/mol. The molecule has 0 saturated carbocycles. The molecule has 0 spiro atoms. The lowest BCUT2D eigenvalue weighted by Gasteiger charge is -2.40. The Labute approximate surface area is 91.8 Å². The van der Waals surface area contributed by atoms with Gasteiger partial charge in [-0.2, -0.15) is 0 Å². The van der Waals surface area contributed by atoms with Crippen LogP contribution < -0.4 is 10.6 Å². The van der Waals surface area contributed by atoms with Crippen LogP contribution in [0, 0.1) is 0 Å². The molecule has 0 aromatic carbocycles. The van der Waals surface area contributed by atoms with Gasteiger partial charge in [0, 0.05) is 7.05 Å². The van der Waals surface area contributed by atoms with Crippen molar-refractivity contribution in [3.63, 3.8) is 0 Å². The molecule has 8 nitrogen and oxygen atoms in total. The predicted octanol–water partition coefficient (Wildman–Crippen LogP) is -3.28. The van der Waals surface area contributed by atoms with Gasteiger partial charge in [0.1, 0.15) is 24.4 Å². The number of hydrogen-bond acceptors (Lipinski definition) is 6. The van der Waals surface area contributed by atoms with Crippen LogP contribution in [0.4, 0.5) is 4.79 Å². The van der Waals surface area contributed by atoms with Crippen LogP contribution in [-0.4, -0.2) is 70.8 Å². The van der Waals surface area contributed by atoms with Gasteiger partial charge in [-0.1, -0.05) is 0 Å². The Bertz CT molecular complexity index is 251. The largest absolute Gasteiger partial charge is 0.394 e. The van der Waals surface area contributed by atoms with E-state index in [1.54, 1.807) is 0 Å². The van der Waals surface area contributed by atoms with Crippen LogP contribution in [-0.2, 0) is 4.74 Å². The van der Waals surface area contributed by atoms with E-state index in [1.165, 1.54) is 7.05 Å². The van der Waals surface area contributed by atoms with E-state index in [1.807, 2.05) is 0 Å². The van der Waals surface area contributed by atoms with E-state index in [-0.39, 0.29) is 0 Å². The Morgan fingerprint density at radius 2 is 1.94 bits per heavy atom. The predicted molar refractivity (Wildman–Crippen MR) is 51.4 cm³/mol. The van der Waals surface area contributed by atoms with Crippen LogP contribution in [0.15, 0.2) is 0 Å². The van der Waals surface area contributed by atoms with Crippen molar-refractivity contribution in [1.29, 1.82) is 0 Å². The zero-order chi connectivity index (χ0) is 12.3. The average Bonchev–Trinajstić information content (AvgIpc) is 2.28. The molecule has 2 amide bonds. The molecule has 6 N–H and O–H groups in total. The number of carbonyl (C=O) groups is 1. The summed E-state index contributed by atoms with van der Waals surface area (Å²) in [6.45, 7) is -0.540. The second kappa shape index (κ2) is 5.41. The molecule has 1 aliphatic heterocycles. The van der Waals surface area contributed by atoms with Crippen molar-refractivity contribution in [2.75, 3.05) is 13.7 Å². The quantitative estimate of drug-likeness (QED) is 0.298. The molecule has 0 unspecified atom stereocenters. The highest BCUT2D eigenvalue weighted by Gasteiger charge is 2.44. The van der Waals surface area contributed by atoms with Gasteiger partial charge in [0.2, 0.25) is 0 Å². The molecule has 1 aliphatic rings. The number of amides is 2. The van der Waals surface area contributed by atoms with Gasteiger partial charge in [0.05, 0.1) is 6.61 Å². The van der Waals surface area contributed by atoms with Gasteiger partial charge < -0.3 is 35.8 Å². The summed E-state index contributed by atoms with van der Waals surface area (Å²) >= 11 is 0. The maximum absolute atomic E-state index is 11.0.